The number of aliphatic hydroxyl groups excluding tert-OH is 1. The molecule has 1 aromatic rings. The lowest BCUT2D eigenvalue weighted by atomic mass is 9.84. The molecule has 1 heterocycles. The van der Waals surface area contributed by atoms with E-state index in [1.807, 2.05) is 0 Å². The highest BCUT2D eigenvalue weighted by atomic mass is 16.3. The minimum Gasteiger partial charge on any atom is -0.396 e. The van der Waals surface area contributed by atoms with Crippen LogP contribution in [-0.2, 0) is 6.54 Å². The van der Waals surface area contributed by atoms with Gasteiger partial charge in [0.25, 0.3) is 0 Å². The molecule has 0 radical (unpaired) electrons. The van der Waals surface area contributed by atoms with Gasteiger partial charge >= 0.3 is 0 Å². The largest absolute Gasteiger partial charge is 0.396 e. The maximum Gasteiger partial charge on any atom is 0.0474 e. The summed E-state index contributed by atoms with van der Waals surface area (Å²) in [5, 5.41) is 17.0. The van der Waals surface area contributed by atoms with E-state index in [0.29, 0.717) is 24.6 Å². The number of nitrogens with one attached hydrogen (secondary N) is 2. The summed E-state index contributed by atoms with van der Waals surface area (Å²) in [5.74, 6) is 0.437. The van der Waals surface area contributed by atoms with E-state index in [9.17, 15) is 5.11 Å². The number of benzene rings is 1. The Morgan fingerprint density at radius 2 is 2.00 bits per heavy atom. The van der Waals surface area contributed by atoms with Crippen LogP contribution in [0.25, 0.3) is 0 Å². The molecule has 2 aliphatic rings. The molecule has 0 aromatic heterocycles. The van der Waals surface area contributed by atoms with Gasteiger partial charge < -0.3 is 15.7 Å². The Hall–Kier alpha value is -0.900. The third kappa shape index (κ3) is 3.05. The molecule has 3 heteroatoms. The molecule has 0 bridgehead atoms. The Morgan fingerprint density at radius 1 is 1.15 bits per heavy atom. The van der Waals surface area contributed by atoms with Crippen LogP contribution < -0.4 is 10.6 Å². The summed E-state index contributed by atoms with van der Waals surface area (Å²) in [6, 6.07) is 9.66. The van der Waals surface area contributed by atoms with Crippen molar-refractivity contribution in [3.05, 3.63) is 35.4 Å². The van der Waals surface area contributed by atoms with Crippen LogP contribution in [0.1, 0.15) is 49.3 Å². The molecule has 1 aliphatic carbocycles. The van der Waals surface area contributed by atoms with Gasteiger partial charge in [-0.3, -0.25) is 0 Å². The Bertz CT molecular complexity index is 435. The predicted octanol–water partition coefficient (Wildman–Crippen LogP) is 2.36. The molecule has 20 heavy (non-hydrogen) atoms. The summed E-state index contributed by atoms with van der Waals surface area (Å²) < 4.78 is 0. The first-order chi connectivity index (χ1) is 9.88. The zero-order chi connectivity index (χ0) is 13.8. The van der Waals surface area contributed by atoms with Crippen LogP contribution >= 0.6 is 0 Å². The monoisotopic (exact) mass is 274 g/mol. The maximum atomic E-state index is 9.59. The number of hydrogen-bond acceptors (Lipinski definition) is 3. The smallest absolute Gasteiger partial charge is 0.0474 e. The molecule has 3 rings (SSSR count). The van der Waals surface area contributed by atoms with E-state index in [1.54, 1.807) is 0 Å². The molecule has 3 unspecified atom stereocenters. The van der Waals surface area contributed by atoms with Gasteiger partial charge in [0.2, 0.25) is 0 Å². The average Bonchev–Trinajstić information content (AvgIpc) is 2.71. The lowest BCUT2D eigenvalue weighted by molar-refractivity contribution is 0.145. The number of rotatable bonds is 3. The molecule has 0 spiro atoms. The van der Waals surface area contributed by atoms with Gasteiger partial charge in [-0.05, 0) is 42.9 Å². The molecule has 110 valence electrons. The van der Waals surface area contributed by atoms with E-state index in [4.69, 9.17) is 0 Å². The van der Waals surface area contributed by atoms with E-state index in [0.717, 1.165) is 19.5 Å². The normalized spacial score (nSPS) is 30.6. The van der Waals surface area contributed by atoms with Crippen molar-refractivity contribution in [2.45, 2.75) is 50.7 Å². The van der Waals surface area contributed by atoms with Crippen molar-refractivity contribution < 1.29 is 5.11 Å². The van der Waals surface area contributed by atoms with Gasteiger partial charge in [0.1, 0.15) is 0 Å². The van der Waals surface area contributed by atoms with Gasteiger partial charge in [-0.15, -0.1) is 0 Å². The highest BCUT2D eigenvalue weighted by Gasteiger charge is 2.28. The van der Waals surface area contributed by atoms with E-state index < -0.39 is 0 Å². The average molecular weight is 274 g/mol. The SMILES string of the molecule is OCC1CCCCC1NC1CCNCc2ccccc21. The number of aliphatic hydroxyl groups is 1. The van der Waals surface area contributed by atoms with Crippen molar-refractivity contribution in [1.29, 1.82) is 0 Å². The van der Waals surface area contributed by atoms with Crippen molar-refractivity contribution in [2.24, 2.45) is 5.92 Å². The first-order valence-electron chi connectivity index (χ1n) is 8.04. The van der Waals surface area contributed by atoms with Gasteiger partial charge in [0, 0.05) is 25.2 Å². The quantitative estimate of drug-likeness (QED) is 0.793. The molecule has 0 amide bonds. The lowest BCUT2D eigenvalue weighted by Gasteiger charge is -2.34. The molecule has 1 saturated carbocycles. The van der Waals surface area contributed by atoms with Gasteiger partial charge in [-0.25, -0.2) is 0 Å². The molecule has 1 fully saturated rings. The summed E-state index contributed by atoms with van der Waals surface area (Å²) in [4.78, 5) is 0. The van der Waals surface area contributed by atoms with Crippen molar-refractivity contribution in [3.63, 3.8) is 0 Å². The third-order valence-corrected chi connectivity index (χ3v) is 4.91. The van der Waals surface area contributed by atoms with Crippen LogP contribution in [0.2, 0.25) is 0 Å². The van der Waals surface area contributed by atoms with Crippen LogP contribution in [-0.4, -0.2) is 24.3 Å². The van der Waals surface area contributed by atoms with Crippen LogP contribution in [0.5, 0.6) is 0 Å². The summed E-state index contributed by atoms with van der Waals surface area (Å²) in [6.45, 7) is 2.36. The molecular weight excluding hydrogens is 248 g/mol. The predicted molar refractivity (Wildman–Crippen MR) is 81.5 cm³/mol. The second-order valence-corrected chi connectivity index (χ2v) is 6.22. The lowest BCUT2D eigenvalue weighted by Crippen LogP contribution is -2.42. The first kappa shape index (κ1) is 14.1. The fraction of sp³-hybridized carbons (Fsp3) is 0.647. The van der Waals surface area contributed by atoms with Crippen LogP contribution in [0, 0.1) is 5.92 Å². The topological polar surface area (TPSA) is 44.3 Å². The summed E-state index contributed by atoms with van der Waals surface area (Å²) in [6.07, 6.45) is 6.07. The molecule has 3 atom stereocenters. The van der Waals surface area contributed by atoms with Gasteiger partial charge in [-0.2, -0.15) is 0 Å². The van der Waals surface area contributed by atoms with Gasteiger partial charge in [0.15, 0.2) is 0 Å². The van der Waals surface area contributed by atoms with E-state index in [-0.39, 0.29) is 0 Å². The highest BCUT2D eigenvalue weighted by molar-refractivity contribution is 5.31. The van der Waals surface area contributed by atoms with Crippen molar-refractivity contribution >= 4 is 0 Å². The minimum absolute atomic E-state index is 0.324. The zero-order valence-corrected chi connectivity index (χ0v) is 12.1. The van der Waals surface area contributed by atoms with Crippen molar-refractivity contribution in [3.8, 4) is 0 Å². The molecule has 3 nitrogen and oxygen atoms in total. The summed E-state index contributed by atoms with van der Waals surface area (Å²) in [7, 11) is 0. The van der Waals surface area contributed by atoms with Gasteiger partial charge in [-0.1, -0.05) is 37.1 Å². The van der Waals surface area contributed by atoms with Crippen molar-refractivity contribution in [2.75, 3.05) is 13.2 Å². The van der Waals surface area contributed by atoms with E-state index in [1.165, 1.54) is 36.8 Å². The summed E-state index contributed by atoms with van der Waals surface area (Å²) in [5.41, 5.74) is 2.86. The fourth-order valence-electron chi connectivity index (χ4n) is 3.74. The molecular formula is C17H26N2O. The Balaban J connectivity index is 1.76. The molecule has 1 aliphatic heterocycles. The summed E-state index contributed by atoms with van der Waals surface area (Å²) >= 11 is 0. The Kier molecular flexibility index (Phi) is 4.71. The van der Waals surface area contributed by atoms with Crippen LogP contribution in [0.4, 0.5) is 0 Å². The zero-order valence-electron chi connectivity index (χ0n) is 12.1. The third-order valence-electron chi connectivity index (χ3n) is 4.91. The minimum atomic E-state index is 0.324. The molecule has 0 saturated heterocycles. The maximum absolute atomic E-state index is 9.59. The highest BCUT2D eigenvalue weighted by Crippen LogP contribution is 2.29. The second kappa shape index (κ2) is 6.70. The molecule has 3 N–H and O–H groups in total. The first-order valence-corrected chi connectivity index (χ1v) is 8.04. The van der Waals surface area contributed by atoms with Crippen LogP contribution in [0.15, 0.2) is 24.3 Å². The number of hydrogen-bond donors (Lipinski definition) is 3. The Morgan fingerprint density at radius 3 is 2.90 bits per heavy atom. The van der Waals surface area contributed by atoms with Crippen LogP contribution in [0.3, 0.4) is 0 Å². The standard InChI is InChI=1S/C17H26N2O/c20-12-14-6-2-4-8-16(14)19-17-9-10-18-11-13-5-1-3-7-15(13)17/h1,3,5,7,14,16-20H,2,4,6,8-12H2. The molecule has 1 aromatic carbocycles. The van der Waals surface area contributed by atoms with Gasteiger partial charge in [0.05, 0.1) is 0 Å². The van der Waals surface area contributed by atoms with Crippen molar-refractivity contribution in [1.82, 2.24) is 10.6 Å². The van der Waals surface area contributed by atoms with E-state index in [2.05, 4.69) is 34.9 Å². The Labute approximate surface area is 121 Å². The van der Waals surface area contributed by atoms with E-state index >= 15 is 0 Å². The fourth-order valence-corrected chi connectivity index (χ4v) is 3.74. The second-order valence-electron chi connectivity index (χ2n) is 6.22. The number of fused-ring (bicyclic) bond motifs is 1.